The summed E-state index contributed by atoms with van der Waals surface area (Å²) in [4.78, 5) is 0.316. The van der Waals surface area contributed by atoms with Crippen molar-refractivity contribution in [3.63, 3.8) is 0 Å². The second-order valence-electron chi connectivity index (χ2n) is 4.41. The first-order valence-corrected chi connectivity index (χ1v) is 7.57. The van der Waals surface area contributed by atoms with Crippen LogP contribution >= 0.6 is 11.6 Å². The Morgan fingerprint density at radius 3 is 2.24 bits per heavy atom. The molecule has 0 saturated heterocycles. The zero-order chi connectivity index (χ0) is 12.5. The van der Waals surface area contributed by atoms with E-state index in [1.54, 1.807) is 31.3 Å². The van der Waals surface area contributed by atoms with Gasteiger partial charge in [0.1, 0.15) is 0 Å². The highest BCUT2D eigenvalue weighted by Crippen LogP contribution is 2.27. The highest BCUT2D eigenvalue weighted by Gasteiger charge is 2.29. The Labute approximate surface area is 107 Å². The van der Waals surface area contributed by atoms with Crippen LogP contribution in [0.25, 0.3) is 0 Å². The molecule has 0 bridgehead atoms. The van der Waals surface area contributed by atoms with Crippen LogP contribution in [-0.4, -0.2) is 25.8 Å². The smallest absolute Gasteiger partial charge is 0.207 e. The molecule has 0 N–H and O–H groups in total. The van der Waals surface area contributed by atoms with Crippen molar-refractivity contribution in [2.24, 2.45) is 0 Å². The summed E-state index contributed by atoms with van der Waals surface area (Å²) in [7, 11) is -1.70. The van der Waals surface area contributed by atoms with Crippen molar-refractivity contribution < 1.29 is 8.42 Å². The summed E-state index contributed by atoms with van der Waals surface area (Å²) in [5.41, 5.74) is 0. The van der Waals surface area contributed by atoms with E-state index >= 15 is 0 Å². The Bertz CT molecular complexity index is 478. The molecular formula is C12H16ClNO2S. The normalized spacial score (nSPS) is 17.8. The standard InChI is InChI=1S/C12H16ClNO2S/c1-14(11-4-2-3-5-11)17(15,16)12-8-6-10(13)7-9-12/h6-9,11H,2-5H2,1H3. The van der Waals surface area contributed by atoms with E-state index in [9.17, 15) is 8.42 Å². The Morgan fingerprint density at radius 1 is 1.18 bits per heavy atom. The van der Waals surface area contributed by atoms with Gasteiger partial charge in [0.25, 0.3) is 0 Å². The lowest BCUT2D eigenvalue weighted by Gasteiger charge is -2.23. The Hall–Kier alpha value is -0.580. The van der Waals surface area contributed by atoms with E-state index in [1.165, 1.54) is 4.31 Å². The molecule has 0 atom stereocenters. The molecule has 0 unspecified atom stereocenters. The molecule has 2 rings (SSSR count). The SMILES string of the molecule is CN(C1CCCC1)S(=O)(=O)c1ccc(Cl)cc1. The quantitative estimate of drug-likeness (QED) is 0.849. The molecule has 0 amide bonds. The van der Waals surface area contributed by atoms with E-state index in [4.69, 9.17) is 11.6 Å². The predicted molar refractivity (Wildman–Crippen MR) is 68.7 cm³/mol. The van der Waals surface area contributed by atoms with Crippen LogP contribution in [0, 0.1) is 0 Å². The van der Waals surface area contributed by atoms with Crippen molar-refractivity contribution in [1.29, 1.82) is 0 Å². The molecule has 5 heteroatoms. The minimum atomic E-state index is -3.36. The molecule has 0 radical (unpaired) electrons. The van der Waals surface area contributed by atoms with Gasteiger partial charge in [-0.15, -0.1) is 0 Å². The van der Waals surface area contributed by atoms with Crippen molar-refractivity contribution in [1.82, 2.24) is 4.31 Å². The molecule has 1 aliphatic rings. The van der Waals surface area contributed by atoms with Crippen LogP contribution in [0.5, 0.6) is 0 Å². The van der Waals surface area contributed by atoms with Crippen LogP contribution in [0.4, 0.5) is 0 Å². The third-order valence-electron chi connectivity index (χ3n) is 3.33. The van der Waals surface area contributed by atoms with Crippen molar-refractivity contribution in [3.8, 4) is 0 Å². The van der Waals surface area contributed by atoms with Crippen molar-refractivity contribution >= 4 is 21.6 Å². The highest BCUT2D eigenvalue weighted by molar-refractivity contribution is 7.89. The summed E-state index contributed by atoms with van der Waals surface area (Å²) in [6.45, 7) is 0. The van der Waals surface area contributed by atoms with Crippen LogP contribution in [-0.2, 0) is 10.0 Å². The molecule has 94 valence electrons. The maximum absolute atomic E-state index is 12.3. The lowest BCUT2D eigenvalue weighted by Crippen LogP contribution is -2.35. The molecule has 17 heavy (non-hydrogen) atoms. The van der Waals surface area contributed by atoms with Crippen molar-refractivity contribution in [2.45, 2.75) is 36.6 Å². The van der Waals surface area contributed by atoms with Gasteiger partial charge in [-0.05, 0) is 37.1 Å². The predicted octanol–water partition coefficient (Wildman–Crippen LogP) is 2.90. The summed E-state index contributed by atoms with van der Waals surface area (Å²) < 4.78 is 26.1. The molecule has 0 heterocycles. The fourth-order valence-corrected chi connectivity index (χ4v) is 3.78. The second-order valence-corrected chi connectivity index (χ2v) is 6.85. The van der Waals surface area contributed by atoms with Crippen LogP contribution in [0.15, 0.2) is 29.2 Å². The minimum Gasteiger partial charge on any atom is -0.207 e. The van der Waals surface area contributed by atoms with Crippen molar-refractivity contribution in [3.05, 3.63) is 29.3 Å². The summed E-state index contributed by atoms with van der Waals surface area (Å²) >= 11 is 5.76. The van der Waals surface area contributed by atoms with Gasteiger partial charge in [0.05, 0.1) is 4.90 Å². The average molecular weight is 274 g/mol. The second kappa shape index (κ2) is 4.96. The first-order chi connectivity index (χ1) is 8.01. The zero-order valence-corrected chi connectivity index (χ0v) is 11.3. The molecule has 1 saturated carbocycles. The van der Waals surface area contributed by atoms with E-state index in [2.05, 4.69) is 0 Å². The summed E-state index contributed by atoms with van der Waals surface area (Å²) in [5.74, 6) is 0. The molecule has 1 aromatic rings. The average Bonchev–Trinajstić information content (AvgIpc) is 2.82. The molecule has 3 nitrogen and oxygen atoms in total. The lowest BCUT2D eigenvalue weighted by molar-refractivity contribution is 0.373. The molecular weight excluding hydrogens is 258 g/mol. The van der Waals surface area contributed by atoms with Crippen LogP contribution in [0.1, 0.15) is 25.7 Å². The number of hydrogen-bond donors (Lipinski definition) is 0. The third kappa shape index (κ3) is 2.64. The van der Waals surface area contributed by atoms with E-state index in [-0.39, 0.29) is 6.04 Å². The van der Waals surface area contributed by atoms with E-state index in [0.29, 0.717) is 9.92 Å². The molecule has 1 aliphatic carbocycles. The Balaban J connectivity index is 2.26. The number of sulfonamides is 1. The van der Waals surface area contributed by atoms with Gasteiger partial charge < -0.3 is 0 Å². The molecule has 0 aliphatic heterocycles. The highest BCUT2D eigenvalue weighted by atomic mass is 35.5. The number of benzene rings is 1. The zero-order valence-electron chi connectivity index (χ0n) is 9.77. The van der Waals surface area contributed by atoms with Crippen molar-refractivity contribution in [2.75, 3.05) is 7.05 Å². The largest absolute Gasteiger partial charge is 0.243 e. The van der Waals surface area contributed by atoms with Gasteiger partial charge in [0.2, 0.25) is 10.0 Å². The first-order valence-electron chi connectivity index (χ1n) is 5.75. The molecule has 0 spiro atoms. The maximum Gasteiger partial charge on any atom is 0.243 e. The number of halogens is 1. The first kappa shape index (κ1) is 12.9. The van der Waals surface area contributed by atoms with Gasteiger partial charge in [0.15, 0.2) is 0 Å². The van der Waals surface area contributed by atoms with Gasteiger partial charge in [-0.3, -0.25) is 0 Å². The lowest BCUT2D eigenvalue weighted by atomic mass is 10.3. The fourth-order valence-electron chi connectivity index (χ4n) is 2.24. The van der Waals surface area contributed by atoms with Gasteiger partial charge >= 0.3 is 0 Å². The molecule has 1 fully saturated rings. The fraction of sp³-hybridized carbons (Fsp3) is 0.500. The van der Waals surface area contributed by atoms with E-state index < -0.39 is 10.0 Å². The summed E-state index contributed by atoms with van der Waals surface area (Å²) in [5, 5.41) is 0.549. The summed E-state index contributed by atoms with van der Waals surface area (Å²) in [6, 6.07) is 6.48. The Kier molecular flexibility index (Phi) is 3.76. The number of hydrogen-bond acceptors (Lipinski definition) is 2. The number of nitrogens with zero attached hydrogens (tertiary/aromatic N) is 1. The van der Waals surface area contributed by atoms with Crippen LogP contribution in [0.2, 0.25) is 5.02 Å². The summed E-state index contributed by atoms with van der Waals surface area (Å²) in [6.07, 6.45) is 4.16. The van der Waals surface area contributed by atoms with Gasteiger partial charge in [0, 0.05) is 18.1 Å². The van der Waals surface area contributed by atoms with Gasteiger partial charge in [-0.1, -0.05) is 24.4 Å². The van der Waals surface area contributed by atoms with Crippen LogP contribution < -0.4 is 0 Å². The van der Waals surface area contributed by atoms with E-state index in [0.717, 1.165) is 25.7 Å². The van der Waals surface area contributed by atoms with Crippen LogP contribution in [0.3, 0.4) is 0 Å². The maximum atomic E-state index is 12.3. The molecule has 0 aromatic heterocycles. The molecule has 1 aromatic carbocycles. The number of rotatable bonds is 3. The Morgan fingerprint density at radius 2 is 1.71 bits per heavy atom. The van der Waals surface area contributed by atoms with E-state index in [1.807, 2.05) is 0 Å². The van der Waals surface area contributed by atoms with Gasteiger partial charge in [-0.25, -0.2) is 8.42 Å². The monoisotopic (exact) mass is 273 g/mol. The topological polar surface area (TPSA) is 37.4 Å². The third-order valence-corrected chi connectivity index (χ3v) is 5.51. The van der Waals surface area contributed by atoms with Gasteiger partial charge in [-0.2, -0.15) is 4.31 Å². The minimum absolute atomic E-state index is 0.149.